The van der Waals surface area contributed by atoms with E-state index >= 15 is 0 Å². The maximum atomic E-state index is 11.4. The summed E-state index contributed by atoms with van der Waals surface area (Å²) >= 11 is 1.75. The molecule has 0 saturated heterocycles. The average molecular weight is 366 g/mol. The van der Waals surface area contributed by atoms with Crippen LogP contribution in [0.2, 0.25) is 0 Å². The van der Waals surface area contributed by atoms with Crippen LogP contribution in [0.25, 0.3) is 10.1 Å². The van der Waals surface area contributed by atoms with Gasteiger partial charge in [-0.25, -0.2) is 0 Å². The first kappa shape index (κ1) is 17.7. The predicted molar refractivity (Wildman–Crippen MR) is 111 cm³/mol. The van der Waals surface area contributed by atoms with Gasteiger partial charge in [-0.15, -0.1) is 11.3 Å². The molecule has 0 spiro atoms. The number of nitrogens with zero attached hydrogens (tertiary/aromatic N) is 1. The van der Waals surface area contributed by atoms with E-state index in [-0.39, 0.29) is 5.54 Å². The molecule has 1 heterocycles. The topological polar surface area (TPSA) is 23.5 Å². The molecule has 1 aliphatic rings. The lowest BCUT2D eigenvalue weighted by Gasteiger charge is -2.48. The number of aliphatic hydroxyl groups is 1. The summed E-state index contributed by atoms with van der Waals surface area (Å²) in [6.07, 6.45) is 4.72. The molecule has 1 aliphatic carbocycles. The van der Waals surface area contributed by atoms with E-state index in [0.717, 1.165) is 37.0 Å². The molecule has 3 aromatic rings. The number of thiophene rings is 1. The Morgan fingerprint density at radius 2 is 1.58 bits per heavy atom. The second-order valence-electron chi connectivity index (χ2n) is 7.96. The first-order chi connectivity index (χ1) is 12.5. The van der Waals surface area contributed by atoms with Crippen molar-refractivity contribution in [3.63, 3.8) is 0 Å². The Bertz CT molecular complexity index is 842. The number of hydrogen-bond acceptors (Lipinski definition) is 3. The fraction of sp³-hybridized carbons (Fsp3) is 0.391. The van der Waals surface area contributed by atoms with Crippen molar-refractivity contribution in [2.75, 3.05) is 14.1 Å². The van der Waals surface area contributed by atoms with Gasteiger partial charge in [0.1, 0.15) is 0 Å². The summed E-state index contributed by atoms with van der Waals surface area (Å²) in [5.41, 5.74) is 0.831. The third-order valence-electron chi connectivity index (χ3n) is 6.22. The van der Waals surface area contributed by atoms with Gasteiger partial charge >= 0.3 is 0 Å². The van der Waals surface area contributed by atoms with Gasteiger partial charge in [0.15, 0.2) is 0 Å². The van der Waals surface area contributed by atoms with Crippen LogP contribution in [0, 0.1) is 0 Å². The maximum absolute atomic E-state index is 11.4. The Morgan fingerprint density at radius 1 is 0.923 bits per heavy atom. The van der Waals surface area contributed by atoms with Crippen LogP contribution in [-0.4, -0.2) is 29.6 Å². The third kappa shape index (κ3) is 3.20. The van der Waals surface area contributed by atoms with Gasteiger partial charge < -0.3 is 10.0 Å². The summed E-state index contributed by atoms with van der Waals surface area (Å²) < 4.78 is 1.27. The van der Waals surface area contributed by atoms with E-state index in [4.69, 9.17) is 0 Å². The van der Waals surface area contributed by atoms with Gasteiger partial charge in [0.25, 0.3) is 0 Å². The van der Waals surface area contributed by atoms with Gasteiger partial charge in [-0.1, -0.05) is 48.5 Å². The van der Waals surface area contributed by atoms with E-state index in [0.29, 0.717) is 0 Å². The van der Waals surface area contributed by atoms with Gasteiger partial charge in [0.2, 0.25) is 0 Å². The van der Waals surface area contributed by atoms with Gasteiger partial charge in [0.05, 0.1) is 5.60 Å². The van der Waals surface area contributed by atoms with Crippen molar-refractivity contribution >= 4 is 21.4 Å². The van der Waals surface area contributed by atoms with E-state index in [1.807, 2.05) is 0 Å². The molecule has 0 bridgehead atoms. The SMILES string of the molecule is CN(C)C1(Cc2ccccc2)CCC(O)(c2cc3ccccc3s2)CC1. The number of hydrogen-bond donors (Lipinski definition) is 1. The van der Waals surface area contributed by atoms with Crippen LogP contribution in [0.5, 0.6) is 0 Å². The maximum Gasteiger partial charge on any atom is 0.0989 e. The van der Waals surface area contributed by atoms with Crippen LogP contribution < -0.4 is 0 Å². The Morgan fingerprint density at radius 3 is 2.23 bits per heavy atom. The molecule has 2 aromatic carbocycles. The zero-order chi connectivity index (χ0) is 18.2. The van der Waals surface area contributed by atoms with Crippen LogP contribution >= 0.6 is 11.3 Å². The highest BCUT2D eigenvalue weighted by Crippen LogP contribution is 2.47. The summed E-state index contributed by atoms with van der Waals surface area (Å²) in [5.74, 6) is 0. The lowest BCUT2D eigenvalue weighted by molar-refractivity contribution is -0.0461. The summed E-state index contributed by atoms with van der Waals surface area (Å²) in [5, 5.41) is 12.7. The van der Waals surface area contributed by atoms with E-state index in [1.165, 1.54) is 15.6 Å². The molecule has 1 saturated carbocycles. The molecule has 1 aromatic heterocycles. The normalized spacial score (nSPS) is 26.5. The van der Waals surface area contributed by atoms with Crippen molar-refractivity contribution in [3.05, 3.63) is 71.1 Å². The first-order valence-corrected chi connectivity index (χ1v) is 10.3. The van der Waals surface area contributed by atoms with Gasteiger partial charge in [0, 0.05) is 15.1 Å². The fourth-order valence-electron chi connectivity index (χ4n) is 4.34. The van der Waals surface area contributed by atoms with Gasteiger partial charge in [-0.3, -0.25) is 0 Å². The molecule has 0 atom stereocenters. The quantitative estimate of drug-likeness (QED) is 0.686. The van der Waals surface area contributed by atoms with Crippen molar-refractivity contribution < 1.29 is 5.11 Å². The Kier molecular flexibility index (Phi) is 4.64. The molecular formula is C23H27NOS. The lowest BCUT2D eigenvalue weighted by Crippen LogP contribution is -2.51. The lowest BCUT2D eigenvalue weighted by atomic mass is 9.70. The van der Waals surface area contributed by atoms with Crippen LogP contribution in [0.3, 0.4) is 0 Å². The molecule has 0 amide bonds. The highest BCUT2D eigenvalue weighted by molar-refractivity contribution is 7.19. The summed E-state index contributed by atoms with van der Waals surface area (Å²) in [6, 6.07) is 21.4. The van der Waals surface area contributed by atoms with Crippen LogP contribution in [0.4, 0.5) is 0 Å². The Hall–Kier alpha value is -1.68. The van der Waals surface area contributed by atoms with Crippen molar-refractivity contribution in [1.29, 1.82) is 0 Å². The number of benzene rings is 2. The minimum absolute atomic E-state index is 0.129. The van der Waals surface area contributed by atoms with Crippen molar-refractivity contribution in [1.82, 2.24) is 4.90 Å². The second-order valence-corrected chi connectivity index (χ2v) is 9.04. The highest BCUT2D eigenvalue weighted by Gasteiger charge is 2.44. The molecule has 3 heteroatoms. The Labute approximate surface area is 160 Å². The van der Waals surface area contributed by atoms with Crippen molar-refractivity contribution in [2.24, 2.45) is 0 Å². The minimum Gasteiger partial charge on any atom is -0.384 e. The first-order valence-electron chi connectivity index (χ1n) is 9.44. The second kappa shape index (κ2) is 6.80. The van der Waals surface area contributed by atoms with Crippen LogP contribution in [0.1, 0.15) is 36.1 Å². The third-order valence-corrected chi connectivity index (χ3v) is 7.53. The number of rotatable bonds is 4. The molecule has 0 aliphatic heterocycles. The van der Waals surface area contributed by atoms with E-state index in [1.54, 1.807) is 11.3 Å². The van der Waals surface area contributed by atoms with E-state index < -0.39 is 5.60 Å². The number of likely N-dealkylation sites (N-methyl/N-ethyl adjacent to an activating group) is 1. The van der Waals surface area contributed by atoms with E-state index in [9.17, 15) is 5.11 Å². The summed E-state index contributed by atoms with van der Waals surface area (Å²) in [4.78, 5) is 3.51. The summed E-state index contributed by atoms with van der Waals surface area (Å²) in [7, 11) is 4.37. The summed E-state index contributed by atoms with van der Waals surface area (Å²) in [6.45, 7) is 0. The van der Waals surface area contributed by atoms with Gasteiger partial charge in [-0.2, -0.15) is 0 Å². The smallest absolute Gasteiger partial charge is 0.0989 e. The molecule has 4 rings (SSSR count). The molecule has 0 radical (unpaired) electrons. The van der Waals surface area contributed by atoms with Crippen molar-refractivity contribution in [2.45, 2.75) is 43.2 Å². The predicted octanol–water partition coefficient (Wildman–Crippen LogP) is 5.21. The Balaban J connectivity index is 1.57. The minimum atomic E-state index is -0.681. The molecule has 136 valence electrons. The molecule has 1 fully saturated rings. The molecular weight excluding hydrogens is 338 g/mol. The molecule has 2 nitrogen and oxygen atoms in total. The van der Waals surface area contributed by atoms with Crippen molar-refractivity contribution in [3.8, 4) is 0 Å². The number of fused-ring (bicyclic) bond motifs is 1. The molecule has 1 N–H and O–H groups in total. The zero-order valence-corrected chi connectivity index (χ0v) is 16.4. The molecule has 26 heavy (non-hydrogen) atoms. The van der Waals surface area contributed by atoms with Crippen LogP contribution in [0.15, 0.2) is 60.7 Å². The van der Waals surface area contributed by atoms with Crippen LogP contribution in [-0.2, 0) is 12.0 Å². The standard InChI is InChI=1S/C23H27NOS/c1-24(2)22(17-18-8-4-3-5-9-18)12-14-23(25,15-13-22)21-16-19-10-6-7-11-20(19)26-21/h3-11,16,25H,12-15,17H2,1-2H3. The fourth-order valence-corrected chi connectivity index (χ4v) is 5.55. The zero-order valence-electron chi connectivity index (χ0n) is 15.6. The van der Waals surface area contributed by atoms with E-state index in [2.05, 4.69) is 79.7 Å². The highest BCUT2D eigenvalue weighted by atomic mass is 32.1. The monoisotopic (exact) mass is 365 g/mol. The molecule has 0 unspecified atom stereocenters. The van der Waals surface area contributed by atoms with Gasteiger partial charge in [-0.05, 0) is 69.3 Å². The largest absolute Gasteiger partial charge is 0.384 e. The average Bonchev–Trinajstić information content (AvgIpc) is 3.10.